The Bertz CT molecular complexity index is 1140. The van der Waals surface area contributed by atoms with Crippen LogP contribution in [0, 0.1) is 13.8 Å². The van der Waals surface area contributed by atoms with Gasteiger partial charge in [0.15, 0.2) is 5.78 Å². The number of hydrogen-bond acceptors (Lipinski definition) is 5. The molecule has 0 aliphatic carbocycles. The third-order valence-corrected chi connectivity index (χ3v) is 6.94. The third-order valence-electron chi connectivity index (χ3n) is 5.74. The lowest BCUT2D eigenvalue weighted by molar-refractivity contribution is 0.0742. The summed E-state index contributed by atoms with van der Waals surface area (Å²) < 4.78 is 0. The quantitative estimate of drug-likeness (QED) is 0.517. The van der Waals surface area contributed by atoms with E-state index in [2.05, 4.69) is 41.9 Å². The Hall–Kier alpha value is -3.12. The first kappa shape index (κ1) is 22.1. The van der Waals surface area contributed by atoms with Crippen LogP contribution in [0.15, 0.2) is 70.7 Å². The van der Waals surface area contributed by atoms with Gasteiger partial charge in [-0.3, -0.25) is 9.59 Å². The highest BCUT2D eigenvalue weighted by Gasteiger charge is 2.25. The van der Waals surface area contributed by atoms with Gasteiger partial charge in [-0.25, -0.2) is 4.98 Å². The normalized spacial score (nSPS) is 13.8. The van der Waals surface area contributed by atoms with Gasteiger partial charge in [0.05, 0.1) is 5.56 Å². The van der Waals surface area contributed by atoms with Crippen LogP contribution in [0.5, 0.6) is 0 Å². The van der Waals surface area contributed by atoms with Crippen molar-refractivity contribution < 1.29 is 9.59 Å². The molecule has 1 aromatic heterocycles. The topological polar surface area (TPSA) is 53.5 Å². The average molecular weight is 446 g/mol. The average Bonchev–Trinajstić information content (AvgIpc) is 2.81. The van der Waals surface area contributed by atoms with Gasteiger partial charge < -0.3 is 9.80 Å². The molecule has 1 saturated heterocycles. The summed E-state index contributed by atoms with van der Waals surface area (Å²) in [6.45, 7) is 8.54. The van der Waals surface area contributed by atoms with E-state index < -0.39 is 0 Å². The monoisotopic (exact) mass is 445 g/mol. The highest BCUT2D eigenvalue weighted by atomic mass is 32.2. The van der Waals surface area contributed by atoms with E-state index in [1.54, 1.807) is 24.9 Å². The van der Waals surface area contributed by atoms with Gasteiger partial charge >= 0.3 is 0 Å². The molecule has 0 unspecified atom stereocenters. The second-order valence-electron chi connectivity index (χ2n) is 8.11. The second-order valence-corrected chi connectivity index (χ2v) is 9.14. The molecule has 4 rings (SSSR count). The SMILES string of the molecule is CC(=O)c1ccc(N2CCN(C(=O)c3cccnc3Sc3ccc(C)cc3C)CC2)cc1. The maximum Gasteiger partial charge on any atom is 0.256 e. The standard InChI is InChI=1S/C26H27N3O2S/c1-18-6-11-24(19(2)17-18)32-25-23(5-4-12-27-25)26(31)29-15-13-28(14-16-29)22-9-7-21(8-10-22)20(3)30/h4-12,17H,13-16H2,1-3H3. The molecule has 5 nitrogen and oxygen atoms in total. The minimum absolute atomic E-state index is 0.0249. The maximum absolute atomic E-state index is 13.3. The van der Waals surface area contributed by atoms with Crippen molar-refractivity contribution >= 4 is 29.1 Å². The summed E-state index contributed by atoms with van der Waals surface area (Å²) in [5.41, 5.74) is 4.85. The van der Waals surface area contributed by atoms with Crippen molar-refractivity contribution in [3.63, 3.8) is 0 Å². The fraction of sp³-hybridized carbons (Fsp3) is 0.269. The second kappa shape index (κ2) is 9.57. The lowest BCUT2D eigenvalue weighted by Gasteiger charge is -2.36. The number of carbonyl (C=O) groups is 2. The largest absolute Gasteiger partial charge is 0.368 e. The van der Waals surface area contributed by atoms with E-state index in [0.29, 0.717) is 24.2 Å². The summed E-state index contributed by atoms with van der Waals surface area (Å²) in [5.74, 6) is 0.0925. The zero-order valence-corrected chi connectivity index (χ0v) is 19.5. The van der Waals surface area contributed by atoms with E-state index in [-0.39, 0.29) is 11.7 Å². The molecule has 0 spiro atoms. The predicted octanol–water partition coefficient (Wildman–Crippen LogP) is 5.01. The van der Waals surface area contributed by atoms with Crippen LogP contribution in [0.3, 0.4) is 0 Å². The van der Waals surface area contributed by atoms with Gasteiger partial charge in [-0.15, -0.1) is 0 Å². The van der Waals surface area contributed by atoms with Crippen LogP contribution in [0.4, 0.5) is 5.69 Å². The number of ketones is 1. The number of hydrogen-bond donors (Lipinski definition) is 0. The van der Waals surface area contributed by atoms with Crippen LogP contribution in [-0.4, -0.2) is 47.8 Å². The van der Waals surface area contributed by atoms with Crippen molar-refractivity contribution in [1.82, 2.24) is 9.88 Å². The van der Waals surface area contributed by atoms with Gasteiger partial charge in [-0.05, 0) is 68.8 Å². The van der Waals surface area contributed by atoms with Crippen molar-refractivity contribution in [2.24, 2.45) is 0 Å². The molecule has 3 aromatic rings. The molecule has 2 aromatic carbocycles. The number of aryl methyl sites for hydroxylation is 2. The summed E-state index contributed by atoms with van der Waals surface area (Å²) in [6.07, 6.45) is 1.74. The molecule has 1 aliphatic rings. The van der Waals surface area contributed by atoms with Crippen molar-refractivity contribution in [1.29, 1.82) is 0 Å². The Morgan fingerprint density at radius 3 is 2.31 bits per heavy atom. The molecule has 1 amide bonds. The van der Waals surface area contributed by atoms with Crippen molar-refractivity contribution in [2.45, 2.75) is 30.7 Å². The van der Waals surface area contributed by atoms with Crippen LogP contribution in [0.1, 0.15) is 38.8 Å². The maximum atomic E-state index is 13.3. The number of piperazine rings is 1. The number of pyridine rings is 1. The van der Waals surface area contributed by atoms with E-state index in [4.69, 9.17) is 0 Å². The number of rotatable bonds is 5. The summed E-state index contributed by atoms with van der Waals surface area (Å²) >= 11 is 1.55. The van der Waals surface area contributed by atoms with Gasteiger partial charge in [-0.1, -0.05) is 29.5 Å². The molecule has 1 fully saturated rings. The van der Waals surface area contributed by atoms with Gasteiger partial charge in [-0.2, -0.15) is 0 Å². The van der Waals surface area contributed by atoms with E-state index in [1.165, 1.54) is 11.1 Å². The number of amides is 1. The van der Waals surface area contributed by atoms with E-state index in [1.807, 2.05) is 41.3 Å². The minimum Gasteiger partial charge on any atom is -0.368 e. The zero-order valence-electron chi connectivity index (χ0n) is 18.7. The molecule has 32 heavy (non-hydrogen) atoms. The number of benzene rings is 2. The molecule has 0 N–H and O–H groups in total. The van der Waals surface area contributed by atoms with Gasteiger partial charge in [0.1, 0.15) is 5.03 Å². The number of aromatic nitrogens is 1. The Kier molecular flexibility index (Phi) is 6.61. The molecule has 6 heteroatoms. The number of nitrogens with zero attached hydrogens (tertiary/aromatic N) is 3. The number of Topliss-reactive ketones (excluding diaryl/α,β-unsaturated/α-hetero) is 1. The summed E-state index contributed by atoms with van der Waals surface area (Å²) in [4.78, 5) is 34.6. The molecule has 0 bridgehead atoms. The third kappa shape index (κ3) is 4.86. The van der Waals surface area contributed by atoms with Crippen molar-refractivity contribution in [3.8, 4) is 0 Å². The predicted molar refractivity (Wildman–Crippen MR) is 129 cm³/mol. The van der Waals surface area contributed by atoms with Gasteiger partial charge in [0.25, 0.3) is 5.91 Å². The van der Waals surface area contributed by atoms with Crippen molar-refractivity contribution in [2.75, 3.05) is 31.1 Å². The highest BCUT2D eigenvalue weighted by Crippen LogP contribution is 2.32. The summed E-state index contributed by atoms with van der Waals surface area (Å²) in [7, 11) is 0. The molecule has 1 aliphatic heterocycles. The Morgan fingerprint density at radius 1 is 0.938 bits per heavy atom. The van der Waals surface area contributed by atoms with Crippen LogP contribution in [0.2, 0.25) is 0 Å². The first-order valence-corrected chi connectivity index (χ1v) is 11.6. The first-order chi connectivity index (χ1) is 15.4. The first-order valence-electron chi connectivity index (χ1n) is 10.8. The van der Waals surface area contributed by atoms with Crippen LogP contribution >= 0.6 is 11.8 Å². The fourth-order valence-electron chi connectivity index (χ4n) is 3.90. The lowest BCUT2D eigenvalue weighted by atomic mass is 10.1. The molecule has 0 saturated carbocycles. The minimum atomic E-state index is 0.0249. The molecule has 164 valence electrons. The van der Waals surface area contributed by atoms with E-state index in [9.17, 15) is 9.59 Å². The molecular weight excluding hydrogens is 418 g/mol. The summed E-state index contributed by atoms with van der Waals surface area (Å²) in [6, 6.07) is 17.7. The van der Waals surface area contributed by atoms with Gasteiger partial charge in [0, 0.05) is 48.5 Å². The van der Waals surface area contributed by atoms with Crippen LogP contribution in [-0.2, 0) is 0 Å². The van der Waals surface area contributed by atoms with Crippen molar-refractivity contribution in [3.05, 3.63) is 83.0 Å². The Balaban J connectivity index is 1.45. The van der Waals surface area contributed by atoms with E-state index >= 15 is 0 Å². The Morgan fingerprint density at radius 2 is 1.66 bits per heavy atom. The van der Waals surface area contributed by atoms with E-state index in [0.717, 1.165) is 28.7 Å². The smallest absolute Gasteiger partial charge is 0.256 e. The molecule has 2 heterocycles. The number of anilines is 1. The highest BCUT2D eigenvalue weighted by molar-refractivity contribution is 7.99. The van der Waals surface area contributed by atoms with Crippen LogP contribution in [0.25, 0.3) is 0 Å². The lowest BCUT2D eigenvalue weighted by Crippen LogP contribution is -2.48. The van der Waals surface area contributed by atoms with Gasteiger partial charge in [0.2, 0.25) is 0 Å². The Labute approximate surface area is 193 Å². The molecule has 0 radical (unpaired) electrons. The van der Waals surface area contributed by atoms with Crippen LogP contribution < -0.4 is 4.90 Å². The molecule has 0 atom stereocenters. The number of carbonyl (C=O) groups excluding carboxylic acids is 2. The summed E-state index contributed by atoms with van der Waals surface area (Å²) in [5, 5.41) is 0.742. The fourth-order valence-corrected chi connectivity index (χ4v) is 4.84. The zero-order chi connectivity index (χ0) is 22.7. The molecular formula is C26H27N3O2S.